The molecule has 2 aromatic carbocycles. The number of nitrogens with zero attached hydrogens (tertiary/aromatic N) is 1. The minimum absolute atomic E-state index is 0.0349. The molecule has 0 radical (unpaired) electrons. The lowest BCUT2D eigenvalue weighted by atomic mass is 9.91. The first kappa shape index (κ1) is 21.7. The molecule has 1 N–H and O–H groups in total. The summed E-state index contributed by atoms with van der Waals surface area (Å²) in [5.74, 6) is 0.548. The predicted octanol–water partition coefficient (Wildman–Crippen LogP) is 5.13. The van der Waals surface area contributed by atoms with Gasteiger partial charge in [0.25, 0.3) is 0 Å². The molecule has 0 saturated carbocycles. The number of hydrogen-bond acceptors (Lipinski definition) is 4. The number of carboxylic acid groups (broad SMARTS) is 1. The van der Waals surface area contributed by atoms with Gasteiger partial charge in [-0.15, -0.1) is 0 Å². The summed E-state index contributed by atoms with van der Waals surface area (Å²) in [6.07, 6.45) is 1.33. The molecule has 3 rings (SSSR count). The monoisotopic (exact) mass is 461 g/mol. The van der Waals surface area contributed by atoms with Gasteiger partial charge in [-0.25, -0.2) is 0 Å². The van der Waals surface area contributed by atoms with Gasteiger partial charge in [0.2, 0.25) is 0 Å². The summed E-state index contributed by atoms with van der Waals surface area (Å²) in [5, 5.41) is 9.35. The Kier molecular flexibility index (Phi) is 7.56. The predicted molar refractivity (Wildman–Crippen MR) is 117 cm³/mol. The zero-order valence-electron chi connectivity index (χ0n) is 16.9. The molecule has 1 heterocycles. The van der Waals surface area contributed by atoms with Crippen LogP contribution in [0.1, 0.15) is 43.9 Å². The van der Waals surface area contributed by atoms with E-state index in [1.54, 1.807) is 0 Å². The first-order valence-electron chi connectivity index (χ1n) is 10.1. The smallest absolute Gasteiger partial charge is 0.306 e. The summed E-state index contributed by atoms with van der Waals surface area (Å²) in [7, 11) is 0. The second kappa shape index (κ2) is 10.1. The topological polar surface area (TPSA) is 59.0 Å². The van der Waals surface area contributed by atoms with Crippen molar-refractivity contribution in [3.63, 3.8) is 0 Å². The highest BCUT2D eigenvalue weighted by atomic mass is 79.9. The number of rotatable bonds is 8. The minimum atomic E-state index is -0.690. The van der Waals surface area contributed by atoms with Crippen LogP contribution in [0.5, 0.6) is 11.5 Å². The Bertz CT molecular complexity index is 816. The molecule has 6 heteroatoms. The fourth-order valence-electron chi connectivity index (χ4n) is 3.90. The standard InChI is InChI=1S/C23H28BrNO4/c1-3-28-20-10-7-18(15-21(20)29-4-2)22(16-5-8-19(24)9-6-16)25-13-11-17(12-14-25)23(26)27/h5-10,15,17,22H,3-4,11-14H2,1-2H3,(H,26,27). The van der Waals surface area contributed by atoms with E-state index in [4.69, 9.17) is 9.47 Å². The third kappa shape index (κ3) is 5.31. The molecule has 29 heavy (non-hydrogen) atoms. The van der Waals surface area contributed by atoms with Crippen molar-refractivity contribution in [2.45, 2.75) is 32.7 Å². The van der Waals surface area contributed by atoms with Crippen LogP contribution in [0, 0.1) is 5.92 Å². The maximum absolute atomic E-state index is 11.4. The lowest BCUT2D eigenvalue weighted by Crippen LogP contribution is -2.39. The van der Waals surface area contributed by atoms with E-state index < -0.39 is 5.97 Å². The number of carbonyl (C=O) groups is 1. The molecular weight excluding hydrogens is 434 g/mol. The molecule has 1 aliphatic rings. The van der Waals surface area contributed by atoms with Crippen molar-refractivity contribution in [3.05, 3.63) is 58.1 Å². The summed E-state index contributed by atoms with van der Waals surface area (Å²) in [5.41, 5.74) is 2.29. The van der Waals surface area contributed by atoms with Crippen LogP contribution >= 0.6 is 15.9 Å². The van der Waals surface area contributed by atoms with Crippen molar-refractivity contribution in [2.75, 3.05) is 26.3 Å². The largest absolute Gasteiger partial charge is 0.490 e. The maximum Gasteiger partial charge on any atom is 0.306 e. The molecule has 1 aliphatic heterocycles. The number of piperidine rings is 1. The van der Waals surface area contributed by atoms with E-state index in [2.05, 4.69) is 45.1 Å². The molecule has 2 aromatic rings. The van der Waals surface area contributed by atoms with E-state index in [9.17, 15) is 9.90 Å². The van der Waals surface area contributed by atoms with Crippen molar-refractivity contribution in [3.8, 4) is 11.5 Å². The molecule has 0 bridgehead atoms. The van der Waals surface area contributed by atoms with Crippen LogP contribution in [0.15, 0.2) is 46.9 Å². The Morgan fingerprint density at radius 3 is 2.21 bits per heavy atom. The van der Waals surface area contributed by atoms with Crippen LogP contribution in [-0.4, -0.2) is 42.3 Å². The Balaban J connectivity index is 1.96. The van der Waals surface area contributed by atoms with E-state index in [-0.39, 0.29) is 12.0 Å². The molecular formula is C23H28BrNO4. The fraction of sp³-hybridized carbons (Fsp3) is 0.435. The quantitative estimate of drug-likeness (QED) is 0.589. The molecule has 0 amide bonds. The second-order valence-electron chi connectivity index (χ2n) is 7.17. The zero-order valence-corrected chi connectivity index (χ0v) is 18.5. The number of hydrogen-bond donors (Lipinski definition) is 1. The molecule has 0 aliphatic carbocycles. The third-order valence-electron chi connectivity index (χ3n) is 5.31. The molecule has 0 spiro atoms. The van der Waals surface area contributed by atoms with Crippen LogP contribution in [0.3, 0.4) is 0 Å². The molecule has 5 nitrogen and oxygen atoms in total. The van der Waals surface area contributed by atoms with Gasteiger partial charge in [-0.3, -0.25) is 9.69 Å². The van der Waals surface area contributed by atoms with Crippen molar-refractivity contribution >= 4 is 21.9 Å². The van der Waals surface area contributed by atoms with Crippen LogP contribution in [0.2, 0.25) is 0 Å². The average Bonchev–Trinajstić information content (AvgIpc) is 2.72. The van der Waals surface area contributed by atoms with E-state index in [0.29, 0.717) is 26.1 Å². The van der Waals surface area contributed by atoms with E-state index in [1.807, 2.05) is 32.0 Å². The van der Waals surface area contributed by atoms with Crippen LogP contribution in [0.25, 0.3) is 0 Å². The molecule has 0 aromatic heterocycles. The summed E-state index contributed by atoms with van der Waals surface area (Å²) in [6, 6.07) is 14.5. The SMILES string of the molecule is CCOc1ccc(C(c2ccc(Br)cc2)N2CCC(C(=O)O)CC2)cc1OCC. The van der Waals surface area contributed by atoms with Gasteiger partial charge in [0.05, 0.1) is 25.2 Å². The van der Waals surface area contributed by atoms with Crippen molar-refractivity contribution in [2.24, 2.45) is 5.92 Å². The average molecular weight is 462 g/mol. The van der Waals surface area contributed by atoms with Gasteiger partial charge < -0.3 is 14.6 Å². The Morgan fingerprint density at radius 2 is 1.62 bits per heavy atom. The summed E-state index contributed by atoms with van der Waals surface area (Å²) < 4.78 is 12.6. The fourth-order valence-corrected chi connectivity index (χ4v) is 4.17. The third-order valence-corrected chi connectivity index (χ3v) is 5.84. The van der Waals surface area contributed by atoms with Gasteiger partial charge in [-0.05, 0) is 75.2 Å². The van der Waals surface area contributed by atoms with Gasteiger partial charge >= 0.3 is 5.97 Å². The van der Waals surface area contributed by atoms with Gasteiger partial charge in [0, 0.05) is 4.47 Å². The Labute approximate surface area is 180 Å². The van der Waals surface area contributed by atoms with Gasteiger partial charge in [0.15, 0.2) is 11.5 Å². The highest BCUT2D eigenvalue weighted by Gasteiger charge is 2.30. The minimum Gasteiger partial charge on any atom is -0.490 e. The highest BCUT2D eigenvalue weighted by Crippen LogP contribution is 2.37. The number of likely N-dealkylation sites (tertiary alicyclic amines) is 1. The van der Waals surface area contributed by atoms with Gasteiger partial charge in [0.1, 0.15) is 0 Å². The molecule has 156 valence electrons. The number of benzene rings is 2. The zero-order chi connectivity index (χ0) is 20.8. The Hall–Kier alpha value is -2.05. The molecule has 1 fully saturated rings. The van der Waals surface area contributed by atoms with Gasteiger partial charge in [-0.1, -0.05) is 34.1 Å². The Morgan fingerprint density at radius 1 is 1.03 bits per heavy atom. The van der Waals surface area contributed by atoms with E-state index in [0.717, 1.165) is 34.6 Å². The number of carboxylic acids is 1. The van der Waals surface area contributed by atoms with Crippen molar-refractivity contribution < 1.29 is 19.4 Å². The van der Waals surface area contributed by atoms with E-state index in [1.165, 1.54) is 5.56 Å². The first-order chi connectivity index (χ1) is 14.0. The lowest BCUT2D eigenvalue weighted by Gasteiger charge is -2.37. The van der Waals surface area contributed by atoms with Crippen molar-refractivity contribution in [1.29, 1.82) is 0 Å². The second-order valence-corrected chi connectivity index (χ2v) is 8.09. The molecule has 1 unspecified atom stereocenters. The maximum atomic E-state index is 11.4. The summed E-state index contributed by atoms with van der Waals surface area (Å²) >= 11 is 3.51. The van der Waals surface area contributed by atoms with Crippen LogP contribution < -0.4 is 9.47 Å². The molecule has 1 saturated heterocycles. The normalized spacial score (nSPS) is 16.4. The number of aliphatic carboxylic acids is 1. The van der Waals surface area contributed by atoms with Gasteiger partial charge in [-0.2, -0.15) is 0 Å². The summed E-state index contributed by atoms with van der Waals surface area (Å²) in [6.45, 7) is 6.56. The van der Waals surface area contributed by atoms with Crippen molar-refractivity contribution in [1.82, 2.24) is 4.90 Å². The number of halogens is 1. The highest BCUT2D eigenvalue weighted by molar-refractivity contribution is 9.10. The van der Waals surface area contributed by atoms with Crippen LogP contribution in [-0.2, 0) is 4.79 Å². The van der Waals surface area contributed by atoms with E-state index >= 15 is 0 Å². The summed E-state index contributed by atoms with van der Waals surface area (Å²) in [4.78, 5) is 13.7. The first-order valence-corrected chi connectivity index (χ1v) is 10.9. The lowest BCUT2D eigenvalue weighted by molar-refractivity contribution is -0.143. The molecule has 1 atom stereocenters. The van der Waals surface area contributed by atoms with Crippen LogP contribution in [0.4, 0.5) is 0 Å². The number of ether oxygens (including phenoxy) is 2.